The Morgan fingerprint density at radius 2 is 1.69 bits per heavy atom. The molecule has 0 N–H and O–H groups in total. The van der Waals surface area contributed by atoms with E-state index in [4.69, 9.17) is 4.74 Å². The fraction of sp³-hybridized carbons (Fsp3) is 0.217. The highest BCUT2D eigenvalue weighted by Gasteiger charge is 2.46. The van der Waals surface area contributed by atoms with Crippen molar-refractivity contribution in [2.75, 3.05) is 6.61 Å². The lowest BCUT2D eigenvalue weighted by Gasteiger charge is -2.31. The van der Waals surface area contributed by atoms with E-state index in [1.807, 2.05) is 42.5 Å². The van der Waals surface area contributed by atoms with Gasteiger partial charge in [0.25, 0.3) is 0 Å². The number of nitriles is 2. The SMILES string of the molecule is N#CC(C#N)=C1c2ccccc2OC[C@H]1[C@H]1CC(=O)N(Cc2ccccc2)C1=O. The summed E-state index contributed by atoms with van der Waals surface area (Å²) in [6, 6.07) is 20.3. The Morgan fingerprint density at radius 1 is 1.00 bits per heavy atom. The zero-order chi connectivity index (χ0) is 20.4. The second-order valence-corrected chi connectivity index (χ2v) is 7.04. The van der Waals surface area contributed by atoms with Crippen LogP contribution in [0, 0.1) is 34.5 Å². The maximum Gasteiger partial charge on any atom is 0.233 e. The summed E-state index contributed by atoms with van der Waals surface area (Å²) in [5.74, 6) is -1.17. The van der Waals surface area contributed by atoms with Crippen LogP contribution in [0.1, 0.15) is 17.5 Å². The van der Waals surface area contributed by atoms with E-state index < -0.39 is 11.8 Å². The predicted molar refractivity (Wildman–Crippen MR) is 104 cm³/mol. The molecule has 6 heteroatoms. The van der Waals surface area contributed by atoms with Crippen molar-refractivity contribution in [3.63, 3.8) is 0 Å². The Bertz CT molecular complexity index is 1080. The van der Waals surface area contributed by atoms with E-state index in [1.54, 1.807) is 24.3 Å². The van der Waals surface area contributed by atoms with Crippen LogP contribution in [-0.4, -0.2) is 23.3 Å². The van der Waals surface area contributed by atoms with Gasteiger partial charge in [0, 0.05) is 17.9 Å². The number of rotatable bonds is 3. The molecule has 2 aliphatic rings. The first kappa shape index (κ1) is 18.5. The van der Waals surface area contributed by atoms with Gasteiger partial charge in [0.2, 0.25) is 11.8 Å². The lowest BCUT2D eigenvalue weighted by molar-refractivity contribution is -0.140. The van der Waals surface area contributed by atoms with Crippen LogP contribution in [0.4, 0.5) is 0 Å². The summed E-state index contributed by atoms with van der Waals surface area (Å²) in [6.07, 6.45) is 0.0372. The highest BCUT2D eigenvalue weighted by atomic mass is 16.5. The van der Waals surface area contributed by atoms with E-state index in [9.17, 15) is 20.1 Å². The van der Waals surface area contributed by atoms with Gasteiger partial charge >= 0.3 is 0 Å². The van der Waals surface area contributed by atoms with Gasteiger partial charge in [-0.2, -0.15) is 10.5 Å². The highest BCUT2D eigenvalue weighted by molar-refractivity contribution is 6.04. The summed E-state index contributed by atoms with van der Waals surface area (Å²) in [6.45, 7) is 0.351. The van der Waals surface area contributed by atoms with Crippen molar-refractivity contribution in [1.29, 1.82) is 10.5 Å². The van der Waals surface area contributed by atoms with E-state index in [-0.39, 0.29) is 37.0 Å². The van der Waals surface area contributed by atoms with E-state index in [2.05, 4.69) is 0 Å². The molecule has 0 unspecified atom stereocenters. The lowest BCUT2D eigenvalue weighted by atomic mass is 9.78. The van der Waals surface area contributed by atoms with Gasteiger partial charge in [-0.05, 0) is 17.2 Å². The van der Waals surface area contributed by atoms with Crippen molar-refractivity contribution in [2.45, 2.75) is 13.0 Å². The van der Waals surface area contributed by atoms with Gasteiger partial charge < -0.3 is 4.74 Å². The van der Waals surface area contributed by atoms with Crippen molar-refractivity contribution in [3.8, 4) is 17.9 Å². The topological polar surface area (TPSA) is 94.2 Å². The molecule has 2 amide bonds. The van der Waals surface area contributed by atoms with Crippen LogP contribution in [0.15, 0.2) is 60.2 Å². The second-order valence-electron chi connectivity index (χ2n) is 7.04. The molecule has 2 atom stereocenters. The van der Waals surface area contributed by atoms with Crippen molar-refractivity contribution in [2.24, 2.45) is 11.8 Å². The van der Waals surface area contributed by atoms with Gasteiger partial charge in [0.1, 0.15) is 23.5 Å². The Balaban J connectivity index is 1.70. The van der Waals surface area contributed by atoms with Gasteiger partial charge in [0.05, 0.1) is 19.1 Å². The molecule has 0 bridgehead atoms. The first-order valence-corrected chi connectivity index (χ1v) is 9.28. The molecule has 6 nitrogen and oxygen atoms in total. The van der Waals surface area contributed by atoms with Gasteiger partial charge in [0.15, 0.2) is 0 Å². The standard InChI is InChI=1S/C23H17N3O3/c24-11-16(12-25)22-17-8-4-5-9-20(17)29-14-19(22)18-10-21(27)26(23(18)28)13-15-6-2-1-3-7-15/h1-9,18-19H,10,13-14H2/t18-,19+/m1/s1. The average Bonchev–Trinajstić information content (AvgIpc) is 3.03. The van der Waals surface area contributed by atoms with Crippen LogP contribution in [0.3, 0.4) is 0 Å². The molecule has 0 aromatic heterocycles. The normalized spacial score (nSPS) is 20.5. The van der Waals surface area contributed by atoms with Gasteiger partial charge in [-0.15, -0.1) is 0 Å². The number of carbonyl (C=O) groups is 2. The van der Waals surface area contributed by atoms with Crippen LogP contribution in [0.2, 0.25) is 0 Å². The monoisotopic (exact) mass is 383 g/mol. The van der Waals surface area contributed by atoms with Crippen molar-refractivity contribution >= 4 is 17.4 Å². The molecule has 0 spiro atoms. The summed E-state index contributed by atoms with van der Waals surface area (Å²) < 4.78 is 5.82. The van der Waals surface area contributed by atoms with Crippen molar-refractivity contribution in [3.05, 3.63) is 71.3 Å². The van der Waals surface area contributed by atoms with Gasteiger partial charge in [-0.3, -0.25) is 14.5 Å². The third kappa shape index (κ3) is 3.26. The van der Waals surface area contributed by atoms with Gasteiger partial charge in [-0.1, -0.05) is 48.5 Å². The number of allylic oxidation sites excluding steroid dienone is 1. The molecule has 1 fully saturated rings. The molecular weight excluding hydrogens is 366 g/mol. The second kappa shape index (κ2) is 7.61. The molecule has 4 rings (SSSR count). The number of carbonyl (C=O) groups excluding carboxylic acids is 2. The number of fused-ring (bicyclic) bond motifs is 1. The number of para-hydroxylation sites is 1. The van der Waals surface area contributed by atoms with Crippen LogP contribution in [0.25, 0.3) is 5.57 Å². The molecule has 0 radical (unpaired) electrons. The van der Waals surface area contributed by atoms with Crippen molar-refractivity contribution in [1.82, 2.24) is 4.90 Å². The molecule has 0 saturated carbocycles. The molecule has 1 saturated heterocycles. The number of imide groups is 1. The number of nitrogens with zero attached hydrogens (tertiary/aromatic N) is 3. The molecule has 2 aromatic carbocycles. The molecule has 29 heavy (non-hydrogen) atoms. The Morgan fingerprint density at radius 3 is 2.41 bits per heavy atom. The maximum atomic E-state index is 13.1. The van der Waals surface area contributed by atoms with E-state index in [1.165, 1.54) is 4.90 Å². The number of hydrogen-bond acceptors (Lipinski definition) is 5. The summed E-state index contributed by atoms with van der Waals surface area (Å²) >= 11 is 0. The third-order valence-corrected chi connectivity index (χ3v) is 5.41. The fourth-order valence-corrected chi connectivity index (χ4v) is 4.02. The predicted octanol–water partition coefficient (Wildman–Crippen LogP) is 3.07. The number of likely N-dealkylation sites (tertiary alicyclic amines) is 1. The summed E-state index contributed by atoms with van der Waals surface area (Å²) in [5.41, 5.74) is 1.94. The van der Waals surface area contributed by atoms with Crippen LogP contribution >= 0.6 is 0 Å². The minimum atomic E-state index is -0.661. The van der Waals surface area contributed by atoms with Crippen LogP contribution < -0.4 is 4.74 Å². The first-order valence-electron chi connectivity index (χ1n) is 9.28. The fourth-order valence-electron chi connectivity index (χ4n) is 4.02. The van der Waals surface area contributed by atoms with E-state index in [0.29, 0.717) is 16.9 Å². The van der Waals surface area contributed by atoms with Crippen LogP contribution in [-0.2, 0) is 16.1 Å². The lowest BCUT2D eigenvalue weighted by Crippen LogP contribution is -2.35. The van der Waals surface area contributed by atoms with E-state index >= 15 is 0 Å². The number of ether oxygens (including phenoxy) is 1. The quantitative estimate of drug-likeness (QED) is 0.600. The largest absolute Gasteiger partial charge is 0.492 e. The molecule has 0 aliphatic carbocycles. The molecule has 2 aliphatic heterocycles. The minimum Gasteiger partial charge on any atom is -0.492 e. The van der Waals surface area contributed by atoms with Crippen molar-refractivity contribution < 1.29 is 14.3 Å². The molecular formula is C23H17N3O3. The van der Waals surface area contributed by atoms with Crippen LogP contribution in [0.5, 0.6) is 5.75 Å². The average molecular weight is 383 g/mol. The zero-order valence-corrected chi connectivity index (χ0v) is 15.5. The Labute approximate surface area is 168 Å². The summed E-state index contributed by atoms with van der Waals surface area (Å²) in [4.78, 5) is 27.0. The highest BCUT2D eigenvalue weighted by Crippen LogP contribution is 2.44. The first-order chi connectivity index (χ1) is 14.1. The number of amides is 2. The Hall–Kier alpha value is -3.90. The maximum absolute atomic E-state index is 13.1. The molecule has 2 heterocycles. The Kier molecular flexibility index (Phi) is 4.85. The number of hydrogen-bond donors (Lipinski definition) is 0. The summed E-state index contributed by atoms with van der Waals surface area (Å²) in [5, 5.41) is 19.0. The molecule has 2 aromatic rings. The zero-order valence-electron chi connectivity index (χ0n) is 15.5. The smallest absolute Gasteiger partial charge is 0.233 e. The summed E-state index contributed by atoms with van der Waals surface area (Å²) in [7, 11) is 0. The molecule has 142 valence electrons. The number of benzene rings is 2. The minimum absolute atomic E-state index is 0.0372. The van der Waals surface area contributed by atoms with E-state index in [0.717, 1.165) is 5.56 Å². The van der Waals surface area contributed by atoms with Gasteiger partial charge in [-0.25, -0.2) is 0 Å². The third-order valence-electron chi connectivity index (χ3n) is 5.41.